The Kier molecular flexibility index (Phi) is 6.50. The molecule has 0 bridgehead atoms. The van der Waals surface area contributed by atoms with E-state index in [1.54, 1.807) is 11.9 Å². The number of nitrogens with zero attached hydrogens (tertiary/aromatic N) is 8. The average molecular weight is 455 g/mol. The molecule has 176 valence electrons. The number of esters is 1. The number of cyclic esters (lactones) is 1. The van der Waals surface area contributed by atoms with E-state index in [0.29, 0.717) is 24.1 Å². The van der Waals surface area contributed by atoms with E-state index >= 15 is 0 Å². The zero-order chi connectivity index (χ0) is 23.6. The maximum absolute atomic E-state index is 13.4. The quantitative estimate of drug-likeness (QED) is 0.269. The van der Waals surface area contributed by atoms with Crippen LogP contribution in [0.5, 0.6) is 0 Å². The van der Waals surface area contributed by atoms with Crippen LogP contribution in [0.4, 0.5) is 5.82 Å². The normalized spacial score (nSPS) is 27.5. The molecular formula is C22H30N8O3. The third-order valence-electron chi connectivity index (χ3n) is 6.98. The van der Waals surface area contributed by atoms with Crippen molar-refractivity contribution in [3.63, 3.8) is 0 Å². The summed E-state index contributed by atoms with van der Waals surface area (Å²) >= 11 is 0. The smallest absolute Gasteiger partial charge is 0.333 e. The summed E-state index contributed by atoms with van der Waals surface area (Å²) in [5, 5.41) is 20.6. The molecule has 1 spiro atoms. The van der Waals surface area contributed by atoms with E-state index in [1.807, 2.05) is 12.1 Å². The van der Waals surface area contributed by atoms with Crippen LogP contribution < -0.4 is 5.01 Å². The zero-order valence-corrected chi connectivity index (χ0v) is 19.3. The van der Waals surface area contributed by atoms with Gasteiger partial charge in [0.05, 0.1) is 16.8 Å². The Hall–Kier alpha value is -3.21. The van der Waals surface area contributed by atoms with Crippen LogP contribution in [-0.2, 0) is 20.9 Å². The van der Waals surface area contributed by atoms with Gasteiger partial charge in [0.25, 0.3) is 0 Å². The molecule has 0 N–H and O–H groups in total. The Labute approximate surface area is 193 Å². The predicted octanol–water partition coefficient (Wildman–Crippen LogP) is 2.32. The summed E-state index contributed by atoms with van der Waals surface area (Å²) in [6.45, 7) is 6.18. The lowest BCUT2D eigenvalue weighted by atomic mass is 9.70. The van der Waals surface area contributed by atoms with Crippen molar-refractivity contribution in [2.45, 2.75) is 57.7 Å². The van der Waals surface area contributed by atoms with Gasteiger partial charge in [0, 0.05) is 38.5 Å². The molecule has 1 aromatic heterocycles. The highest BCUT2D eigenvalue weighted by atomic mass is 16.5. The molecule has 11 heteroatoms. The SMILES string of the molecule is C=N/N=N\N(C)c1ccc(CN(C)C2CCC3(CC2)C[C@H](C)N(C2=CC(=O)OC2)C3=O)nn1. The predicted molar refractivity (Wildman–Crippen MR) is 121 cm³/mol. The van der Waals surface area contributed by atoms with Crippen LogP contribution in [0.1, 0.15) is 44.7 Å². The Bertz CT molecular complexity index is 968. The summed E-state index contributed by atoms with van der Waals surface area (Å²) in [7, 11) is 3.80. The minimum Gasteiger partial charge on any atom is -0.456 e. The second-order valence-electron chi connectivity index (χ2n) is 9.13. The molecular weight excluding hydrogens is 424 g/mol. The van der Waals surface area contributed by atoms with Crippen LogP contribution in [-0.4, -0.2) is 71.4 Å². The molecule has 0 aromatic carbocycles. The monoisotopic (exact) mass is 454 g/mol. The lowest BCUT2D eigenvalue weighted by Crippen LogP contribution is -2.42. The molecule has 1 aliphatic carbocycles. The van der Waals surface area contributed by atoms with E-state index in [2.05, 4.69) is 51.3 Å². The second-order valence-corrected chi connectivity index (χ2v) is 9.13. The minimum absolute atomic E-state index is 0.0845. The number of hydrogen-bond donors (Lipinski definition) is 0. The van der Waals surface area contributed by atoms with Gasteiger partial charge in [0.1, 0.15) is 6.61 Å². The third-order valence-corrected chi connectivity index (χ3v) is 6.98. The van der Waals surface area contributed by atoms with Crippen molar-refractivity contribution in [2.24, 2.45) is 21.0 Å². The molecule has 0 radical (unpaired) electrons. The molecule has 3 heterocycles. The van der Waals surface area contributed by atoms with E-state index in [1.165, 1.54) is 11.1 Å². The topological polar surface area (TPSA) is 116 Å². The van der Waals surface area contributed by atoms with E-state index in [-0.39, 0.29) is 29.9 Å². The molecule has 1 amide bonds. The maximum atomic E-state index is 13.4. The van der Waals surface area contributed by atoms with E-state index in [9.17, 15) is 9.59 Å². The van der Waals surface area contributed by atoms with Gasteiger partial charge in [-0.25, -0.2) is 9.80 Å². The number of carbonyl (C=O) groups is 2. The van der Waals surface area contributed by atoms with Gasteiger partial charge in [-0.1, -0.05) is 0 Å². The van der Waals surface area contributed by atoms with Gasteiger partial charge in [-0.3, -0.25) is 9.69 Å². The molecule has 1 atom stereocenters. The van der Waals surface area contributed by atoms with Gasteiger partial charge < -0.3 is 9.64 Å². The zero-order valence-electron chi connectivity index (χ0n) is 19.3. The minimum atomic E-state index is -0.364. The number of anilines is 1. The van der Waals surface area contributed by atoms with Crippen molar-refractivity contribution in [1.29, 1.82) is 0 Å². The molecule has 3 aliphatic rings. The van der Waals surface area contributed by atoms with Crippen molar-refractivity contribution in [3.05, 3.63) is 29.6 Å². The molecule has 4 rings (SSSR count). The largest absolute Gasteiger partial charge is 0.456 e. The first-order valence-corrected chi connectivity index (χ1v) is 11.2. The molecule has 1 aromatic rings. The van der Waals surface area contributed by atoms with Gasteiger partial charge in [-0.05, 0) is 68.7 Å². The fraction of sp³-hybridized carbons (Fsp3) is 0.591. The first-order valence-electron chi connectivity index (χ1n) is 11.2. The molecule has 1 saturated heterocycles. The highest BCUT2D eigenvalue weighted by Gasteiger charge is 2.53. The average Bonchev–Trinajstić information content (AvgIpc) is 3.33. The van der Waals surface area contributed by atoms with Crippen molar-refractivity contribution < 1.29 is 14.3 Å². The van der Waals surface area contributed by atoms with Crippen LogP contribution in [0.2, 0.25) is 0 Å². The van der Waals surface area contributed by atoms with Gasteiger partial charge in [-0.15, -0.1) is 10.2 Å². The molecule has 2 aliphatic heterocycles. The van der Waals surface area contributed by atoms with Crippen molar-refractivity contribution in [1.82, 2.24) is 20.0 Å². The molecule has 11 nitrogen and oxygen atoms in total. The van der Waals surface area contributed by atoms with Gasteiger partial charge in [-0.2, -0.15) is 5.10 Å². The Morgan fingerprint density at radius 3 is 2.61 bits per heavy atom. The van der Waals surface area contributed by atoms with Crippen molar-refractivity contribution in [2.75, 3.05) is 25.7 Å². The first-order chi connectivity index (χ1) is 15.8. The number of ether oxygens (including phenoxy) is 1. The van der Waals surface area contributed by atoms with E-state index < -0.39 is 0 Å². The van der Waals surface area contributed by atoms with E-state index in [0.717, 1.165) is 37.8 Å². The summed E-state index contributed by atoms with van der Waals surface area (Å²) in [6.07, 6.45) is 5.87. The van der Waals surface area contributed by atoms with Crippen molar-refractivity contribution in [3.8, 4) is 0 Å². The number of hydrogen-bond acceptors (Lipinski definition) is 8. The third kappa shape index (κ3) is 4.63. The lowest BCUT2D eigenvalue weighted by molar-refractivity contribution is -0.138. The van der Waals surface area contributed by atoms with Crippen LogP contribution in [0.3, 0.4) is 0 Å². The Balaban J connectivity index is 1.34. The summed E-state index contributed by atoms with van der Waals surface area (Å²) in [5.41, 5.74) is 1.23. The standard InChI is InChI=1S/C22H30N8O3/c1-15-12-22(21(32)30(15)18-11-20(31)33-14-18)9-7-17(8-10-22)28(3)13-16-5-6-19(25-24-16)29(4)27-26-23-2/h5-6,11,15,17H,2,7-10,12-14H2,1,3-4H3/b27-26-/t15-,17?,22?/m0/s1. The molecule has 1 saturated carbocycles. The second kappa shape index (κ2) is 9.34. The Morgan fingerprint density at radius 1 is 1.24 bits per heavy atom. The molecule has 33 heavy (non-hydrogen) atoms. The maximum Gasteiger partial charge on any atom is 0.333 e. The summed E-state index contributed by atoms with van der Waals surface area (Å²) in [4.78, 5) is 28.9. The van der Waals surface area contributed by atoms with E-state index in [4.69, 9.17) is 4.74 Å². The summed E-state index contributed by atoms with van der Waals surface area (Å²) in [5.74, 6) is 0.351. The highest BCUT2D eigenvalue weighted by molar-refractivity contribution is 5.91. The number of amides is 1. The van der Waals surface area contributed by atoms with Crippen molar-refractivity contribution >= 4 is 24.4 Å². The lowest BCUT2D eigenvalue weighted by Gasteiger charge is -2.39. The molecule has 2 fully saturated rings. The molecule has 0 unspecified atom stereocenters. The van der Waals surface area contributed by atoms with Gasteiger partial charge in [0.2, 0.25) is 5.91 Å². The number of likely N-dealkylation sites (tertiary alicyclic amines) is 1. The summed E-state index contributed by atoms with van der Waals surface area (Å²) in [6, 6.07) is 4.23. The number of carbonyl (C=O) groups excluding carboxylic acids is 2. The first kappa shape index (κ1) is 23.0. The van der Waals surface area contributed by atoms with Gasteiger partial charge in [0.15, 0.2) is 5.82 Å². The highest BCUT2D eigenvalue weighted by Crippen LogP contribution is 2.49. The van der Waals surface area contributed by atoms with Crippen LogP contribution in [0.25, 0.3) is 0 Å². The van der Waals surface area contributed by atoms with Gasteiger partial charge >= 0.3 is 5.97 Å². The number of aromatic nitrogens is 2. The van der Waals surface area contributed by atoms with Crippen LogP contribution in [0.15, 0.2) is 39.5 Å². The fourth-order valence-electron chi connectivity index (χ4n) is 5.26. The fourth-order valence-corrected chi connectivity index (χ4v) is 5.26. The van der Waals surface area contributed by atoms with Crippen LogP contribution >= 0.6 is 0 Å². The number of rotatable bonds is 7. The van der Waals surface area contributed by atoms with Crippen LogP contribution in [0, 0.1) is 5.41 Å². The Morgan fingerprint density at radius 2 is 2.00 bits per heavy atom. The summed E-state index contributed by atoms with van der Waals surface area (Å²) < 4.78 is 5.03.